The molecule has 13 aromatic carbocycles. The van der Waals surface area contributed by atoms with E-state index in [1.54, 1.807) is 0 Å². The van der Waals surface area contributed by atoms with Gasteiger partial charge in [-0.2, -0.15) is 0 Å². The van der Waals surface area contributed by atoms with Crippen LogP contribution in [0, 0.1) is 0 Å². The molecule has 0 N–H and O–H groups in total. The maximum Gasteiger partial charge on any atom is -0.0000476 e. The highest BCUT2D eigenvalue weighted by atomic mass is 14.3. The predicted octanol–water partition coefficient (Wildman–Crippen LogP) is 13.8. The van der Waals surface area contributed by atoms with E-state index in [0.717, 1.165) is 0 Å². The number of hydrogen-bond donors (Lipinski definition) is 0. The molecular weight excluding hydrogens is 577 g/mol. The Kier molecular flexibility index (Phi) is 4.00. The molecule has 13 aromatic rings. The summed E-state index contributed by atoms with van der Waals surface area (Å²) in [6, 6.07) is 55.0. The topological polar surface area (TPSA) is 0 Å². The van der Waals surface area contributed by atoms with E-state index >= 15 is 0 Å². The van der Waals surface area contributed by atoms with Crippen LogP contribution in [0.3, 0.4) is 0 Å². The average Bonchev–Trinajstić information content (AvgIpc) is 3.03. The first-order chi connectivity index (χ1) is 23.9. The fourth-order valence-corrected chi connectivity index (χ4v) is 9.83. The molecule has 0 heterocycles. The van der Waals surface area contributed by atoms with Crippen LogP contribution in [-0.4, -0.2) is 0 Å². The Labute approximate surface area is 274 Å². The molecule has 0 fully saturated rings. The molecule has 0 unspecified atom stereocenters. The Morgan fingerprint density at radius 1 is 0.125 bits per heavy atom. The Morgan fingerprint density at radius 2 is 0.250 bits per heavy atom. The van der Waals surface area contributed by atoms with Crippen LogP contribution in [0.5, 0.6) is 0 Å². The Bertz CT molecular complexity index is 2800. The second kappa shape index (κ2) is 8.00. The average molecular weight is 601 g/mol. The van der Waals surface area contributed by atoms with E-state index in [-0.39, 0.29) is 0 Å². The van der Waals surface area contributed by atoms with Crippen LogP contribution in [0.1, 0.15) is 0 Å². The van der Waals surface area contributed by atoms with Crippen molar-refractivity contribution in [3.05, 3.63) is 146 Å². The molecule has 0 aliphatic heterocycles. The molecule has 13 rings (SSSR count). The molecule has 0 spiro atoms. The molecule has 0 amide bonds. The summed E-state index contributed by atoms with van der Waals surface area (Å²) in [7, 11) is 0. The fraction of sp³-hybridized carbons (Fsp3) is 0. The van der Waals surface area contributed by atoms with Crippen LogP contribution >= 0.6 is 0 Å². The predicted molar refractivity (Wildman–Crippen MR) is 210 cm³/mol. The van der Waals surface area contributed by atoms with Crippen molar-refractivity contribution in [3.63, 3.8) is 0 Å². The summed E-state index contributed by atoms with van der Waals surface area (Å²) in [4.78, 5) is 0. The summed E-state index contributed by atoms with van der Waals surface area (Å²) in [6.45, 7) is 0. The van der Waals surface area contributed by atoms with E-state index in [4.69, 9.17) is 0 Å². The Balaban J connectivity index is 1.56. The van der Waals surface area contributed by atoms with Gasteiger partial charge in [0.15, 0.2) is 0 Å². The molecule has 0 bridgehead atoms. The molecule has 0 aromatic heterocycles. The lowest BCUT2D eigenvalue weighted by molar-refractivity contribution is 1.79. The smallest absolute Gasteiger partial charge is 0.0000476 e. The van der Waals surface area contributed by atoms with Crippen LogP contribution in [0.15, 0.2) is 146 Å². The molecule has 0 saturated heterocycles. The second-order valence-corrected chi connectivity index (χ2v) is 13.8. The van der Waals surface area contributed by atoms with Gasteiger partial charge in [-0.05, 0) is 129 Å². The van der Waals surface area contributed by atoms with E-state index in [2.05, 4.69) is 146 Å². The fourth-order valence-electron chi connectivity index (χ4n) is 9.83. The van der Waals surface area contributed by atoms with Crippen LogP contribution in [0.4, 0.5) is 0 Å². The van der Waals surface area contributed by atoms with Gasteiger partial charge in [-0.25, -0.2) is 0 Å². The van der Waals surface area contributed by atoms with Gasteiger partial charge < -0.3 is 0 Å². The van der Waals surface area contributed by atoms with Crippen molar-refractivity contribution < 1.29 is 0 Å². The van der Waals surface area contributed by atoms with Crippen LogP contribution in [0.2, 0.25) is 0 Å². The molecule has 0 radical (unpaired) electrons. The first-order valence-corrected chi connectivity index (χ1v) is 17.0. The molecule has 48 heavy (non-hydrogen) atoms. The van der Waals surface area contributed by atoms with Crippen molar-refractivity contribution in [2.75, 3.05) is 0 Å². The molecule has 0 saturated carbocycles. The minimum Gasteiger partial charge on any atom is -0.0616 e. The van der Waals surface area contributed by atoms with Gasteiger partial charge in [0, 0.05) is 0 Å². The van der Waals surface area contributed by atoms with Gasteiger partial charge in [-0.15, -0.1) is 0 Å². The first kappa shape index (κ1) is 24.0. The summed E-state index contributed by atoms with van der Waals surface area (Å²) in [6.07, 6.45) is 0. The largest absolute Gasteiger partial charge is 0.0616 e. The van der Waals surface area contributed by atoms with E-state index < -0.39 is 0 Å². The third-order valence-corrected chi connectivity index (χ3v) is 11.7. The zero-order valence-electron chi connectivity index (χ0n) is 25.9. The molecule has 0 aliphatic carbocycles. The highest BCUT2D eigenvalue weighted by Gasteiger charge is 2.31. The molecule has 0 aliphatic rings. The maximum atomic E-state index is 2.36. The van der Waals surface area contributed by atoms with Gasteiger partial charge in [0.2, 0.25) is 0 Å². The minimum absolute atomic E-state index is 1.29. The first-order valence-electron chi connectivity index (χ1n) is 17.0. The molecular formula is C48H24. The van der Waals surface area contributed by atoms with Crippen LogP contribution < -0.4 is 0 Å². The van der Waals surface area contributed by atoms with Crippen molar-refractivity contribution in [1.29, 1.82) is 0 Å². The summed E-state index contributed by atoms with van der Waals surface area (Å²) in [5.74, 6) is 0. The SMILES string of the molecule is c1ccc2ccc3ccccc4ccc5ccccc6ccc7ccccc8ccc(c1)c1c2c2c1c1c8c7c1c1c6c5c1c1c4c3c21. The van der Waals surface area contributed by atoms with Crippen molar-refractivity contribution >= 4 is 129 Å². The van der Waals surface area contributed by atoms with Gasteiger partial charge in [-0.1, -0.05) is 146 Å². The van der Waals surface area contributed by atoms with E-state index in [1.165, 1.54) is 129 Å². The van der Waals surface area contributed by atoms with E-state index in [0.29, 0.717) is 0 Å². The minimum atomic E-state index is 1.29. The monoisotopic (exact) mass is 600 g/mol. The van der Waals surface area contributed by atoms with Gasteiger partial charge in [0.25, 0.3) is 0 Å². The lowest BCUT2D eigenvalue weighted by Crippen LogP contribution is -2.00. The normalized spacial score (nSPS) is 13.0. The second-order valence-electron chi connectivity index (χ2n) is 13.8. The summed E-state index contributed by atoms with van der Waals surface area (Å²) < 4.78 is 0. The lowest BCUT2D eigenvalue weighted by Gasteiger charge is -2.29. The Hall–Kier alpha value is -6.24. The van der Waals surface area contributed by atoms with Crippen LogP contribution in [0.25, 0.3) is 129 Å². The summed E-state index contributed by atoms with van der Waals surface area (Å²) >= 11 is 0. The van der Waals surface area contributed by atoms with Gasteiger partial charge in [-0.3, -0.25) is 0 Å². The zero-order valence-corrected chi connectivity index (χ0v) is 25.9. The third kappa shape index (κ3) is 2.53. The standard InChI is InChI=1S/C48H24/c1-2-10-26-19-20-28-12-5-6-14-30-23-24-32-16-8-7-15-31-22-21-29-13-4-3-11-27-18-17-25(9-1)33-34(26)42-41(33)43-35(27)37(29)45(43)47-39(31)40(32)48(47)46-38(30)36(28)44(42)46/h1-24H. The van der Waals surface area contributed by atoms with Gasteiger partial charge in [0.1, 0.15) is 0 Å². The Morgan fingerprint density at radius 3 is 0.375 bits per heavy atom. The highest BCUT2D eigenvalue weighted by molar-refractivity contribution is 6.63. The van der Waals surface area contributed by atoms with Gasteiger partial charge >= 0.3 is 0 Å². The molecule has 0 nitrogen and oxygen atoms in total. The van der Waals surface area contributed by atoms with E-state index in [1.807, 2.05) is 0 Å². The van der Waals surface area contributed by atoms with Crippen molar-refractivity contribution in [3.8, 4) is 0 Å². The third-order valence-electron chi connectivity index (χ3n) is 11.7. The zero-order chi connectivity index (χ0) is 30.8. The van der Waals surface area contributed by atoms with Crippen molar-refractivity contribution in [1.82, 2.24) is 0 Å². The summed E-state index contributed by atoms with van der Waals surface area (Å²) in [5, 5.41) is 33.0. The number of hydrogen-bond acceptors (Lipinski definition) is 0. The molecule has 0 heteroatoms. The quantitative estimate of drug-likeness (QED) is 0.162. The van der Waals surface area contributed by atoms with E-state index in [9.17, 15) is 0 Å². The van der Waals surface area contributed by atoms with Crippen LogP contribution in [-0.2, 0) is 0 Å². The van der Waals surface area contributed by atoms with Crippen molar-refractivity contribution in [2.24, 2.45) is 0 Å². The summed E-state index contributed by atoms with van der Waals surface area (Å²) in [5.41, 5.74) is 0. The molecule has 0 atom stereocenters. The highest BCUT2D eigenvalue weighted by Crippen LogP contribution is 2.60. The lowest BCUT2D eigenvalue weighted by atomic mass is 9.73. The maximum absolute atomic E-state index is 2.36. The molecule has 216 valence electrons. The van der Waals surface area contributed by atoms with Gasteiger partial charge in [0.05, 0.1) is 0 Å². The van der Waals surface area contributed by atoms with Crippen molar-refractivity contribution in [2.45, 2.75) is 0 Å². The number of rotatable bonds is 0.